The summed E-state index contributed by atoms with van der Waals surface area (Å²) in [6.45, 7) is 5.11. The number of halogens is 2. The smallest absolute Gasteiger partial charge is 0.326 e. The maximum absolute atomic E-state index is 15.4. The molecule has 13 N–H and O–H groups in total. The zero-order valence-corrected chi connectivity index (χ0v) is 44.6. The average Bonchev–Trinajstić information content (AvgIpc) is 3.78. The summed E-state index contributed by atoms with van der Waals surface area (Å²) in [5, 5.41) is 53.7. The lowest BCUT2D eigenvalue weighted by molar-refractivity contribution is -0.143. The number of hydrogen-bond acceptors (Lipinski definition) is 13. The molecule has 80 heavy (non-hydrogen) atoms. The molecule has 436 valence electrons. The number of rotatable bonds is 32. The Labute approximate surface area is 457 Å². The SMILES string of the molecule is C[C@H](NC(=O)CNC(=O)CCC(=O)O)C(=O)N[C@@H](C)C(=O)N[C@@H](CC(N)=O)C(=O)N[C@@H](CCN(C(=O)CO)[C@@H](c1cc(-c2cc(F)ccc2F)cn1Cc1ccccc1)C(C)(C)C)C(=O)NCCC(=O)N[C@H](CCC(=O)O)C(=O)O. The number of amides is 9. The molecule has 3 aromatic rings. The molecule has 1 heterocycles. The second-order valence-electron chi connectivity index (χ2n) is 19.6. The van der Waals surface area contributed by atoms with Gasteiger partial charge in [-0.05, 0) is 61.9 Å². The van der Waals surface area contributed by atoms with Crippen LogP contribution in [0.15, 0.2) is 60.8 Å². The third kappa shape index (κ3) is 21.5. The lowest BCUT2D eigenvalue weighted by Gasteiger charge is -2.41. The Balaban J connectivity index is 2.00. The van der Waals surface area contributed by atoms with Crippen molar-refractivity contribution >= 4 is 71.1 Å². The molecule has 3 rings (SSSR count). The average molecular weight is 1130 g/mol. The number of aliphatic hydroxyl groups is 1. The van der Waals surface area contributed by atoms with Crippen LogP contribution in [-0.4, -0.2) is 157 Å². The van der Waals surface area contributed by atoms with E-state index in [1.54, 1.807) is 55.8 Å². The molecule has 0 spiro atoms. The number of aromatic nitrogens is 1. The Morgan fingerprint density at radius 3 is 1.89 bits per heavy atom. The Hall–Kier alpha value is -8.82. The van der Waals surface area contributed by atoms with E-state index in [2.05, 4.69) is 37.2 Å². The minimum Gasteiger partial charge on any atom is -0.481 e. The van der Waals surface area contributed by atoms with Gasteiger partial charge in [0.15, 0.2) is 0 Å². The van der Waals surface area contributed by atoms with Crippen LogP contribution in [0.2, 0.25) is 0 Å². The van der Waals surface area contributed by atoms with E-state index in [1.165, 1.54) is 18.7 Å². The van der Waals surface area contributed by atoms with Gasteiger partial charge in [-0.2, -0.15) is 0 Å². The van der Waals surface area contributed by atoms with Crippen LogP contribution in [0, 0.1) is 17.0 Å². The molecular weight excluding hydrogens is 1060 g/mol. The first kappa shape index (κ1) is 65.5. The zero-order chi connectivity index (χ0) is 60.0. The van der Waals surface area contributed by atoms with Gasteiger partial charge in [0.2, 0.25) is 53.2 Å². The highest BCUT2D eigenvalue weighted by Crippen LogP contribution is 2.41. The number of carbonyl (C=O) groups is 12. The molecule has 0 aliphatic carbocycles. The van der Waals surface area contributed by atoms with Crippen LogP contribution in [-0.2, 0) is 64.1 Å². The predicted octanol–water partition coefficient (Wildman–Crippen LogP) is -0.444. The van der Waals surface area contributed by atoms with Crippen LogP contribution >= 0.6 is 0 Å². The van der Waals surface area contributed by atoms with Crippen LogP contribution in [0.1, 0.15) is 96.9 Å². The molecule has 6 atom stereocenters. The van der Waals surface area contributed by atoms with E-state index in [9.17, 15) is 72.1 Å². The van der Waals surface area contributed by atoms with Crippen molar-refractivity contribution in [2.75, 3.05) is 26.2 Å². The fraction of sp³-hybridized carbons (Fsp3) is 0.462. The molecule has 0 aliphatic rings. The molecular formula is C52H68F2N10O16. The molecule has 1 aromatic heterocycles. The molecule has 0 unspecified atom stereocenters. The summed E-state index contributed by atoms with van der Waals surface area (Å²) in [6.07, 6.45) is -2.38. The molecule has 0 bridgehead atoms. The van der Waals surface area contributed by atoms with Crippen LogP contribution in [0.5, 0.6) is 0 Å². The third-order valence-electron chi connectivity index (χ3n) is 12.0. The Morgan fingerprint density at radius 2 is 1.29 bits per heavy atom. The summed E-state index contributed by atoms with van der Waals surface area (Å²) in [7, 11) is 0. The van der Waals surface area contributed by atoms with E-state index in [0.717, 1.165) is 23.8 Å². The van der Waals surface area contributed by atoms with Crippen LogP contribution in [0.3, 0.4) is 0 Å². The van der Waals surface area contributed by atoms with Crippen molar-refractivity contribution in [3.63, 3.8) is 0 Å². The van der Waals surface area contributed by atoms with Crippen molar-refractivity contribution in [1.82, 2.24) is 46.7 Å². The first-order valence-electron chi connectivity index (χ1n) is 25.1. The largest absolute Gasteiger partial charge is 0.481 e. The van der Waals surface area contributed by atoms with Crippen molar-refractivity contribution in [2.24, 2.45) is 11.1 Å². The summed E-state index contributed by atoms with van der Waals surface area (Å²) in [6, 6.07) is 4.38. The number of nitrogens with two attached hydrogens (primary N) is 1. The van der Waals surface area contributed by atoms with Gasteiger partial charge >= 0.3 is 17.9 Å². The molecule has 28 heteroatoms. The van der Waals surface area contributed by atoms with Gasteiger partial charge in [0.05, 0.1) is 25.4 Å². The first-order chi connectivity index (χ1) is 37.5. The van der Waals surface area contributed by atoms with Gasteiger partial charge in [0.1, 0.15) is 48.5 Å². The summed E-state index contributed by atoms with van der Waals surface area (Å²) in [4.78, 5) is 153. The van der Waals surface area contributed by atoms with E-state index in [1.807, 2.05) is 12.1 Å². The molecule has 0 aliphatic heterocycles. The molecule has 9 amide bonds. The van der Waals surface area contributed by atoms with Crippen LogP contribution in [0.4, 0.5) is 8.78 Å². The lowest BCUT2D eigenvalue weighted by Crippen LogP contribution is -2.58. The number of benzene rings is 2. The van der Waals surface area contributed by atoms with E-state index in [-0.39, 0.29) is 17.7 Å². The van der Waals surface area contributed by atoms with Gasteiger partial charge in [-0.3, -0.25) is 52.7 Å². The van der Waals surface area contributed by atoms with Crippen molar-refractivity contribution in [3.8, 4) is 11.1 Å². The molecule has 0 saturated heterocycles. The normalized spacial score (nSPS) is 13.3. The number of hydrogen-bond donors (Lipinski definition) is 12. The van der Waals surface area contributed by atoms with Gasteiger partial charge in [-0.25, -0.2) is 13.6 Å². The standard InChI is InChI=1S/C52H68F2N10O16/c1-28(58-42(69)24-57-40(67)14-16-45(73)74)47(75)59-29(2)48(76)62-37(23-39(55)66)50(78)61-35(49(77)56-19-17-41(68)60-36(51(79)80)13-15-44(71)72)18-20-64(43(70)27-65)46(52(3,4)5)38-21-31(33-22-32(53)11-12-34(33)54)26-63(38)25-30-9-7-6-8-10-30/h6-12,21-22,26,28-29,35-37,46,65H,13-20,23-25,27H2,1-5H3,(H2,55,66)(H,56,77)(H,57,67)(H,58,69)(H,59,75)(H,60,68)(H,61,78)(H,62,76)(H,71,72)(H,73,74)(H,79,80)/t28-,29-,35-,36+,37-,46-/m0/s1. The molecule has 0 fully saturated rings. The third-order valence-corrected chi connectivity index (χ3v) is 12.0. The van der Waals surface area contributed by atoms with Crippen LogP contribution < -0.4 is 43.0 Å². The summed E-state index contributed by atoms with van der Waals surface area (Å²) < 4.78 is 31.7. The maximum atomic E-state index is 15.4. The van der Waals surface area contributed by atoms with Gasteiger partial charge in [-0.1, -0.05) is 51.1 Å². The van der Waals surface area contributed by atoms with Gasteiger partial charge in [0.25, 0.3) is 0 Å². The number of nitrogens with one attached hydrogen (secondary N) is 7. The van der Waals surface area contributed by atoms with Gasteiger partial charge in [-0.15, -0.1) is 0 Å². The second-order valence-corrected chi connectivity index (χ2v) is 19.6. The Bertz CT molecular complexity index is 2750. The Kier molecular flexibility index (Phi) is 25.3. The van der Waals surface area contributed by atoms with E-state index < -0.39 is 196 Å². The van der Waals surface area contributed by atoms with Crippen molar-refractivity contribution in [2.45, 2.75) is 122 Å². The highest BCUT2D eigenvalue weighted by atomic mass is 19.1. The summed E-state index contributed by atoms with van der Waals surface area (Å²) >= 11 is 0. The molecule has 26 nitrogen and oxygen atoms in total. The predicted molar refractivity (Wildman–Crippen MR) is 278 cm³/mol. The number of carboxylic acid groups (broad SMARTS) is 3. The highest BCUT2D eigenvalue weighted by Gasteiger charge is 2.39. The fourth-order valence-corrected chi connectivity index (χ4v) is 8.08. The van der Waals surface area contributed by atoms with E-state index >= 15 is 4.39 Å². The minimum absolute atomic E-state index is 0.109. The highest BCUT2D eigenvalue weighted by molar-refractivity contribution is 5.97. The number of nitrogens with zero attached hydrogens (tertiary/aromatic N) is 2. The monoisotopic (exact) mass is 1130 g/mol. The molecule has 2 aromatic carbocycles. The second kappa shape index (κ2) is 30.9. The number of carbonyl (C=O) groups excluding carboxylic acids is 9. The van der Waals surface area contributed by atoms with Crippen molar-refractivity contribution in [1.29, 1.82) is 0 Å². The quantitative estimate of drug-likeness (QED) is 0.0377. The van der Waals surface area contributed by atoms with Crippen LogP contribution in [0.25, 0.3) is 11.1 Å². The maximum Gasteiger partial charge on any atom is 0.326 e. The molecule has 0 radical (unpaired) electrons. The summed E-state index contributed by atoms with van der Waals surface area (Å²) in [5.74, 6) is -14.4. The van der Waals surface area contributed by atoms with E-state index in [0.29, 0.717) is 5.69 Å². The number of aliphatic carboxylic acids is 3. The number of carboxylic acids is 3. The Morgan fingerprint density at radius 1 is 0.662 bits per heavy atom. The zero-order valence-electron chi connectivity index (χ0n) is 44.6. The first-order valence-corrected chi connectivity index (χ1v) is 25.1. The minimum atomic E-state index is -1.86. The summed E-state index contributed by atoms with van der Waals surface area (Å²) in [5.41, 5.74) is 5.74. The van der Waals surface area contributed by atoms with E-state index in [4.69, 9.17) is 15.9 Å². The number of aliphatic hydroxyl groups excluding tert-OH is 1. The molecule has 0 saturated carbocycles. The van der Waals surface area contributed by atoms with Gasteiger partial charge < -0.3 is 72.8 Å². The van der Waals surface area contributed by atoms with Gasteiger partial charge in [0, 0.05) is 61.9 Å². The van der Waals surface area contributed by atoms with Crippen molar-refractivity contribution < 1.29 is 86.7 Å². The fourth-order valence-electron chi connectivity index (χ4n) is 8.08. The topological polar surface area (TPSA) is 404 Å². The van der Waals surface area contributed by atoms with Crippen molar-refractivity contribution in [3.05, 3.63) is 83.7 Å². The lowest BCUT2D eigenvalue weighted by atomic mass is 9.82. The number of primary amides is 1.